The molecule has 0 spiro atoms. The predicted molar refractivity (Wildman–Crippen MR) is 150 cm³/mol. The maximum absolute atomic E-state index is 14.0. The maximum atomic E-state index is 14.0. The molecule has 1 aliphatic rings. The zero-order valence-corrected chi connectivity index (χ0v) is 24.3. The second-order valence-electron chi connectivity index (χ2n) is 10.3. The number of hydrogen-bond donors (Lipinski definition) is 1. The molecule has 1 atom stereocenters. The lowest BCUT2D eigenvalue weighted by Crippen LogP contribution is -2.55. The van der Waals surface area contributed by atoms with Crippen LogP contribution in [0.5, 0.6) is 17.2 Å². The summed E-state index contributed by atoms with van der Waals surface area (Å²) in [6, 6.07) is 11.2. The van der Waals surface area contributed by atoms with Crippen LogP contribution in [0.25, 0.3) is 0 Å². The number of hydrogen-bond acceptors (Lipinski definition) is 7. The molecule has 1 heterocycles. The number of sulfonamides is 1. The highest BCUT2D eigenvalue weighted by molar-refractivity contribution is 7.92. The molecule has 11 heteroatoms. The summed E-state index contributed by atoms with van der Waals surface area (Å²) in [6.07, 6.45) is 0.335. The van der Waals surface area contributed by atoms with Crippen molar-refractivity contribution in [1.29, 1.82) is 0 Å². The molecule has 2 aromatic carbocycles. The Morgan fingerprint density at radius 2 is 1.74 bits per heavy atom. The number of nitrogens with zero attached hydrogens (tertiary/aromatic N) is 2. The van der Waals surface area contributed by atoms with Crippen molar-refractivity contribution in [3.63, 3.8) is 0 Å². The van der Waals surface area contributed by atoms with Crippen molar-refractivity contribution in [1.82, 2.24) is 10.2 Å². The van der Waals surface area contributed by atoms with Gasteiger partial charge in [0.1, 0.15) is 31.5 Å². The Morgan fingerprint density at radius 3 is 2.36 bits per heavy atom. The molecule has 0 saturated carbocycles. The standard InChI is InChI=1S/C28H39N3O7S/c1-7-23(27(33)29-28(3,4)5)30(18-20-10-9-11-22(16-20)36-6)26(32)19-31(39(34,35)8-2)21-12-13-24-25(17-21)38-15-14-37-24/h9-13,16-17,23H,7-8,14-15,18-19H2,1-6H3,(H,29,33)/t23-/m0/s1. The highest BCUT2D eigenvalue weighted by Gasteiger charge is 2.34. The molecule has 0 aliphatic carbocycles. The van der Waals surface area contributed by atoms with Crippen molar-refractivity contribution >= 4 is 27.5 Å². The average Bonchev–Trinajstić information content (AvgIpc) is 2.90. The van der Waals surface area contributed by atoms with Gasteiger partial charge in [-0.1, -0.05) is 19.1 Å². The molecular formula is C28H39N3O7S. The number of methoxy groups -OCH3 is 1. The van der Waals surface area contributed by atoms with Crippen molar-refractivity contribution in [2.45, 2.75) is 59.2 Å². The summed E-state index contributed by atoms with van der Waals surface area (Å²) in [5.41, 5.74) is 0.509. The Morgan fingerprint density at radius 1 is 1.05 bits per heavy atom. The van der Waals surface area contributed by atoms with E-state index < -0.39 is 34.1 Å². The third-order valence-corrected chi connectivity index (χ3v) is 7.91. The number of carbonyl (C=O) groups excluding carboxylic acids is 2. The van der Waals surface area contributed by atoms with Crippen LogP contribution < -0.4 is 23.8 Å². The third kappa shape index (κ3) is 7.78. The summed E-state index contributed by atoms with van der Waals surface area (Å²) in [4.78, 5) is 28.7. The number of nitrogens with one attached hydrogen (secondary N) is 1. The Balaban J connectivity index is 2.00. The van der Waals surface area contributed by atoms with Gasteiger partial charge in [0, 0.05) is 18.2 Å². The first kappa shape index (κ1) is 30.1. The van der Waals surface area contributed by atoms with Crippen LogP contribution in [-0.2, 0) is 26.2 Å². The normalized spacial score (nSPS) is 13.8. The topological polar surface area (TPSA) is 114 Å². The maximum Gasteiger partial charge on any atom is 0.244 e. The predicted octanol–water partition coefficient (Wildman–Crippen LogP) is 3.34. The van der Waals surface area contributed by atoms with Gasteiger partial charge in [-0.15, -0.1) is 0 Å². The first-order chi connectivity index (χ1) is 18.4. The molecule has 0 fully saturated rings. The van der Waals surface area contributed by atoms with Crippen LogP contribution in [0.1, 0.15) is 46.6 Å². The van der Waals surface area contributed by atoms with Gasteiger partial charge in [0.15, 0.2) is 11.5 Å². The second-order valence-corrected chi connectivity index (χ2v) is 12.5. The van der Waals surface area contributed by atoms with Crippen LogP contribution in [0.3, 0.4) is 0 Å². The van der Waals surface area contributed by atoms with Gasteiger partial charge in [0.2, 0.25) is 21.8 Å². The first-order valence-electron chi connectivity index (χ1n) is 13.0. The molecule has 214 valence electrons. The summed E-state index contributed by atoms with van der Waals surface area (Å²) < 4.78 is 44.0. The molecule has 10 nitrogen and oxygen atoms in total. The van der Waals surface area contributed by atoms with Gasteiger partial charge >= 0.3 is 0 Å². The van der Waals surface area contributed by atoms with E-state index in [2.05, 4.69) is 5.32 Å². The summed E-state index contributed by atoms with van der Waals surface area (Å²) in [5.74, 6) is 0.484. The van der Waals surface area contributed by atoms with E-state index >= 15 is 0 Å². The highest BCUT2D eigenvalue weighted by Crippen LogP contribution is 2.35. The Kier molecular flexibility index (Phi) is 9.71. The highest BCUT2D eigenvalue weighted by atomic mass is 32.2. The molecule has 0 aromatic heterocycles. The van der Waals surface area contributed by atoms with E-state index in [0.717, 1.165) is 9.87 Å². The molecule has 0 unspecified atom stereocenters. The Labute approximate surface area is 231 Å². The van der Waals surface area contributed by atoms with Crippen LogP contribution in [-0.4, -0.2) is 69.3 Å². The van der Waals surface area contributed by atoms with E-state index in [1.54, 1.807) is 43.5 Å². The third-order valence-electron chi connectivity index (χ3n) is 6.16. The largest absolute Gasteiger partial charge is 0.497 e. The van der Waals surface area contributed by atoms with Gasteiger partial charge in [-0.2, -0.15) is 0 Å². The molecule has 39 heavy (non-hydrogen) atoms. The average molecular weight is 562 g/mol. The number of carbonyl (C=O) groups is 2. The van der Waals surface area contributed by atoms with E-state index in [0.29, 0.717) is 36.9 Å². The minimum Gasteiger partial charge on any atom is -0.497 e. The van der Waals surface area contributed by atoms with Crippen LogP contribution in [0.4, 0.5) is 5.69 Å². The zero-order chi connectivity index (χ0) is 28.8. The van der Waals surface area contributed by atoms with E-state index in [9.17, 15) is 18.0 Å². The number of amides is 2. The quantitative estimate of drug-likeness (QED) is 0.448. The van der Waals surface area contributed by atoms with Gasteiger partial charge < -0.3 is 24.4 Å². The van der Waals surface area contributed by atoms with E-state index in [-0.39, 0.29) is 23.9 Å². The molecule has 1 aliphatic heterocycles. The molecule has 2 aromatic rings. The summed E-state index contributed by atoms with van der Waals surface area (Å²) >= 11 is 0. The minimum atomic E-state index is -3.86. The second kappa shape index (κ2) is 12.6. The van der Waals surface area contributed by atoms with Crippen molar-refractivity contribution in [3.05, 3.63) is 48.0 Å². The minimum absolute atomic E-state index is 0.0905. The molecular weight excluding hydrogens is 522 g/mol. The fourth-order valence-corrected chi connectivity index (χ4v) is 5.30. The van der Waals surface area contributed by atoms with E-state index in [1.807, 2.05) is 33.8 Å². The lowest BCUT2D eigenvalue weighted by atomic mass is 10.1. The van der Waals surface area contributed by atoms with Gasteiger partial charge in [0.25, 0.3) is 0 Å². The monoisotopic (exact) mass is 561 g/mol. The lowest BCUT2D eigenvalue weighted by molar-refractivity contribution is -0.141. The van der Waals surface area contributed by atoms with E-state index in [4.69, 9.17) is 14.2 Å². The number of fused-ring (bicyclic) bond motifs is 1. The molecule has 0 radical (unpaired) electrons. The zero-order valence-electron chi connectivity index (χ0n) is 23.5. The van der Waals surface area contributed by atoms with Gasteiger partial charge in [-0.3, -0.25) is 13.9 Å². The van der Waals surface area contributed by atoms with E-state index in [1.165, 1.54) is 11.8 Å². The summed E-state index contributed by atoms with van der Waals surface area (Å²) in [6.45, 7) is 9.27. The van der Waals surface area contributed by atoms with Crippen LogP contribution in [0.2, 0.25) is 0 Å². The molecule has 3 rings (SSSR count). The fourth-order valence-electron chi connectivity index (χ4n) is 4.25. The van der Waals surface area contributed by atoms with Gasteiger partial charge in [-0.25, -0.2) is 8.42 Å². The summed E-state index contributed by atoms with van der Waals surface area (Å²) in [5, 5.41) is 2.95. The lowest BCUT2D eigenvalue weighted by Gasteiger charge is -2.35. The van der Waals surface area contributed by atoms with Crippen LogP contribution in [0, 0.1) is 0 Å². The number of benzene rings is 2. The van der Waals surface area contributed by atoms with Gasteiger partial charge in [0.05, 0.1) is 18.6 Å². The fraction of sp³-hybridized carbons (Fsp3) is 0.500. The van der Waals surface area contributed by atoms with Gasteiger partial charge in [-0.05, 0) is 63.9 Å². The first-order valence-corrected chi connectivity index (χ1v) is 14.6. The molecule has 2 amide bonds. The SMILES string of the molecule is CC[C@@H](C(=O)NC(C)(C)C)N(Cc1cccc(OC)c1)C(=O)CN(c1ccc2c(c1)OCCO2)S(=O)(=O)CC. The molecule has 0 saturated heterocycles. The van der Waals surface area contributed by atoms with Crippen LogP contribution in [0.15, 0.2) is 42.5 Å². The number of ether oxygens (including phenoxy) is 3. The van der Waals surface area contributed by atoms with Crippen molar-refractivity contribution in [2.75, 3.05) is 36.9 Å². The van der Waals surface area contributed by atoms with Crippen LogP contribution >= 0.6 is 0 Å². The van der Waals surface area contributed by atoms with Crippen molar-refractivity contribution < 1.29 is 32.2 Å². The smallest absolute Gasteiger partial charge is 0.244 e. The molecule has 0 bridgehead atoms. The van der Waals surface area contributed by atoms with Crippen molar-refractivity contribution in [2.24, 2.45) is 0 Å². The Bertz CT molecular complexity index is 1270. The Hall–Kier alpha value is -3.47. The number of anilines is 1. The van der Waals surface area contributed by atoms with Crippen molar-refractivity contribution in [3.8, 4) is 17.2 Å². The number of rotatable bonds is 11. The molecule has 1 N–H and O–H groups in total. The summed E-state index contributed by atoms with van der Waals surface area (Å²) in [7, 11) is -2.31.